The number of amides is 2. The zero-order valence-electron chi connectivity index (χ0n) is 33.2. The van der Waals surface area contributed by atoms with Gasteiger partial charge in [0.15, 0.2) is 10.8 Å². The molecule has 3 aromatic carbocycles. The molecule has 1 fully saturated rings. The first-order valence-corrected chi connectivity index (χ1v) is 21.4. The number of esters is 1. The highest BCUT2D eigenvalue weighted by Gasteiger charge is 2.55. The van der Waals surface area contributed by atoms with Crippen LogP contribution in [0.3, 0.4) is 0 Å². The van der Waals surface area contributed by atoms with E-state index in [0.717, 1.165) is 40.0 Å². The number of hydrogen-bond acceptors (Lipinski definition) is 14. The quantitative estimate of drug-likeness (QED) is 0.0197. The van der Waals surface area contributed by atoms with E-state index in [1.54, 1.807) is 36.0 Å². The molecule has 2 aliphatic rings. The SMILES string of the molecule is CCCCOC(=O)OC(C)OC(=O)C1=C(/C=C\c2cccnc2)CS[C@@H]2[C@H](NC(=O)/C(=N/OC(c3ccccc3)(c3ccccc3)c3ccccc3)c3csc(N)n3)C(=O)N12. The number of nitrogen functional groups attached to an aromatic ring is 1. The number of aromatic nitrogens is 2. The number of anilines is 1. The Hall–Kier alpha value is -6.78. The van der Waals surface area contributed by atoms with Gasteiger partial charge in [-0.05, 0) is 23.6 Å². The minimum atomic E-state index is -1.34. The lowest BCUT2D eigenvalue weighted by molar-refractivity contribution is -0.169. The molecule has 4 heterocycles. The summed E-state index contributed by atoms with van der Waals surface area (Å²) < 4.78 is 15.7. The van der Waals surface area contributed by atoms with Crippen LogP contribution in [0.5, 0.6) is 0 Å². The molecule has 7 rings (SSSR count). The predicted molar refractivity (Wildman–Crippen MR) is 232 cm³/mol. The van der Waals surface area contributed by atoms with Crippen LogP contribution in [0.2, 0.25) is 0 Å². The summed E-state index contributed by atoms with van der Waals surface area (Å²) >= 11 is 2.45. The number of oxime groups is 1. The van der Waals surface area contributed by atoms with Crippen molar-refractivity contribution in [3.8, 4) is 0 Å². The summed E-state index contributed by atoms with van der Waals surface area (Å²) in [6.07, 6.45) is 5.88. The molecule has 0 aliphatic carbocycles. The van der Waals surface area contributed by atoms with Crippen LogP contribution in [0, 0.1) is 0 Å². The molecule has 2 aliphatic heterocycles. The molecule has 0 saturated carbocycles. The van der Waals surface area contributed by atoms with Gasteiger partial charge >= 0.3 is 12.1 Å². The molecule has 5 aromatic rings. The van der Waals surface area contributed by atoms with E-state index in [4.69, 9.17) is 24.8 Å². The fraction of sp³-hybridized carbons (Fsp3) is 0.222. The Balaban J connectivity index is 1.19. The third kappa shape index (κ3) is 9.50. The number of thiazole rings is 1. The summed E-state index contributed by atoms with van der Waals surface area (Å²) in [7, 11) is 0. The molecule has 312 valence electrons. The first-order valence-electron chi connectivity index (χ1n) is 19.4. The van der Waals surface area contributed by atoms with Gasteiger partial charge in [0.05, 0.1) is 6.61 Å². The Kier molecular flexibility index (Phi) is 13.6. The normalized spacial score (nSPS) is 16.9. The van der Waals surface area contributed by atoms with Crippen molar-refractivity contribution in [1.82, 2.24) is 20.2 Å². The van der Waals surface area contributed by atoms with E-state index in [0.29, 0.717) is 12.0 Å². The number of nitrogens with one attached hydrogen (secondary N) is 1. The van der Waals surface area contributed by atoms with Crippen molar-refractivity contribution in [2.75, 3.05) is 18.1 Å². The Bertz CT molecular complexity index is 2330. The molecule has 0 spiro atoms. The fourth-order valence-electron chi connectivity index (χ4n) is 6.73. The number of ether oxygens (including phenoxy) is 3. The van der Waals surface area contributed by atoms with Crippen LogP contribution in [0.25, 0.3) is 6.08 Å². The second kappa shape index (κ2) is 19.5. The zero-order chi connectivity index (χ0) is 42.8. The maximum Gasteiger partial charge on any atom is 0.511 e. The number of nitrogens with zero attached hydrogens (tertiary/aromatic N) is 4. The molecule has 2 amide bonds. The number of thioether (sulfide) groups is 1. The molecule has 61 heavy (non-hydrogen) atoms. The highest BCUT2D eigenvalue weighted by Crippen LogP contribution is 2.43. The summed E-state index contributed by atoms with van der Waals surface area (Å²) in [5.41, 5.74) is 8.03. The maximum absolute atomic E-state index is 14.4. The first-order chi connectivity index (χ1) is 29.7. The van der Waals surface area contributed by atoms with Gasteiger partial charge < -0.3 is 30.1 Å². The number of unbranched alkanes of at least 4 members (excludes halogenated alkanes) is 1. The number of fused-ring (bicyclic) bond motifs is 1. The summed E-state index contributed by atoms with van der Waals surface area (Å²) in [6, 6.07) is 31.1. The van der Waals surface area contributed by atoms with Gasteiger partial charge in [-0.15, -0.1) is 23.1 Å². The summed E-state index contributed by atoms with van der Waals surface area (Å²) in [5.74, 6) is -1.99. The molecule has 1 saturated heterocycles. The molecular weight excluding hydrogens is 817 g/mol. The lowest BCUT2D eigenvalue weighted by Gasteiger charge is -2.49. The van der Waals surface area contributed by atoms with E-state index >= 15 is 0 Å². The van der Waals surface area contributed by atoms with E-state index in [2.05, 4.69) is 20.4 Å². The number of β-lactam (4-membered cyclic amide) rings is 1. The molecule has 3 atom stereocenters. The largest absolute Gasteiger partial charge is 0.511 e. The van der Waals surface area contributed by atoms with Crippen molar-refractivity contribution in [2.24, 2.45) is 5.16 Å². The number of allylic oxidation sites excluding steroid dienone is 1. The van der Waals surface area contributed by atoms with Crippen molar-refractivity contribution >= 4 is 64.0 Å². The van der Waals surface area contributed by atoms with Crippen molar-refractivity contribution in [3.05, 3.63) is 166 Å². The van der Waals surface area contributed by atoms with Crippen LogP contribution in [0.1, 0.15) is 54.6 Å². The van der Waals surface area contributed by atoms with E-state index < -0.39 is 47.2 Å². The predicted octanol–water partition coefficient (Wildman–Crippen LogP) is 7.04. The Morgan fingerprint density at radius 3 is 2.18 bits per heavy atom. The zero-order valence-corrected chi connectivity index (χ0v) is 34.8. The van der Waals surface area contributed by atoms with Crippen LogP contribution in [-0.2, 0) is 39.0 Å². The number of rotatable bonds is 16. The molecule has 2 aromatic heterocycles. The van der Waals surface area contributed by atoms with Gasteiger partial charge in [0, 0.05) is 47.1 Å². The minimum absolute atomic E-state index is 0.0583. The van der Waals surface area contributed by atoms with Crippen molar-refractivity contribution in [3.63, 3.8) is 0 Å². The first kappa shape index (κ1) is 42.3. The number of hydrogen-bond donors (Lipinski definition) is 2. The van der Waals surface area contributed by atoms with E-state index in [1.165, 1.54) is 23.6 Å². The van der Waals surface area contributed by atoms with Crippen LogP contribution >= 0.6 is 23.1 Å². The average molecular weight is 859 g/mol. The van der Waals surface area contributed by atoms with Gasteiger partial charge in [0.2, 0.25) is 11.9 Å². The van der Waals surface area contributed by atoms with Crippen molar-refractivity contribution in [1.29, 1.82) is 0 Å². The highest BCUT2D eigenvalue weighted by molar-refractivity contribution is 8.00. The van der Waals surface area contributed by atoms with E-state index in [-0.39, 0.29) is 34.6 Å². The van der Waals surface area contributed by atoms with Crippen molar-refractivity contribution in [2.45, 2.75) is 50.0 Å². The lowest BCUT2D eigenvalue weighted by Crippen LogP contribution is -2.71. The van der Waals surface area contributed by atoms with E-state index in [1.807, 2.05) is 104 Å². The van der Waals surface area contributed by atoms with Gasteiger partial charge in [0.25, 0.3) is 11.8 Å². The van der Waals surface area contributed by atoms with Crippen LogP contribution in [-0.4, -0.2) is 74.6 Å². The second-order valence-electron chi connectivity index (χ2n) is 13.8. The smallest absolute Gasteiger partial charge is 0.434 e. The number of nitrogens with two attached hydrogens (primary N) is 1. The second-order valence-corrected chi connectivity index (χ2v) is 15.8. The Labute approximate surface area is 360 Å². The number of benzene rings is 3. The summed E-state index contributed by atoms with van der Waals surface area (Å²) in [6.45, 7) is 3.47. The van der Waals surface area contributed by atoms with Gasteiger partial charge in [0.1, 0.15) is 22.8 Å². The van der Waals surface area contributed by atoms with Gasteiger partial charge in [-0.3, -0.25) is 19.5 Å². The molecule has 0 bridgehead atoms. The topological polar surface area (TPSA) is 185 Å². The fourth-order valence-corrected chi connectivity index (χ4v) is 8.60. The monoisotopic (exact) mass is 858 g/mol. The molecule has 0 radical (unpaired) electrons. The van der Waals surface area contributed by atoms with Crippen LogP contribution < -0.4 is 11.1 Å². The number of pyridine rings is 1. The van der Waals surface area contributed by atoms with Crippen molar-refractivity contribution < 1.29 is 38.2 Å². The highest BCUT2D eigenvalue weighted by atomic mass is 32.2. The molecule has 1 unspecified atom stereocenters. The van der Waals surface area contributed by atoms with Crippen LogP contribution in [0.15, 0.2) is 143 Å². The number of carbonyl (C=O) groups is 4. The lowest BCUT2D eigenvalue weighted by atomic mass is 9.80. The molecule has 14 nitrogen and oxygen atoms in total. The van der Waals surface area contributed by atoms with Gasteiger partial charge in [-0.2, -0.15) is 0 Å². The summed E-state index contributed by atoms with van der Waals surface area (Å²) in [4.78, 5) is 71.0. The maximum atomic E-state index is 14.4. The third-order valence-electron chi connectivity index (χ3n) is 9.69. The van der Waals surface area contributed by atoms with Crippen LogP contribution in [0.4, 0.5) is 9.93 Å². The molecular formula is C45H42N6O8S2. The molecule has 3 N–H and O–H groups in total. The third-order valence-corrected chi connectivity index (χ3v) is 11.7. The Morgan fingerprint density at radius 1 is 0.951 bits per heavy atom. The van der Waals surface area contributed by atoms with E-state index in [9.17, 15) is 19.2 Å². The molecule has 16 heteroatoms. The Morgan fingerprint density at radius 2 is 1.61 bits per heavy atom. The number of carbonyl (C=O) groups excluding carboxylic acids is 4. The standard InChI is InChI=1S/C45H42N6O8S2/c1-3-4-25-56-44(55)58-29(2)57-42(54)38-31(23-22-30-15-14-24-47-26-30)27-60-41-37(40(53)51(38)41)49-39(52)36(35-28-61-43(46)48-35)50-59-45(32-16-8-5-9-17-32,33-18-10-6-11-19-33)34-20-12-7-13-21-34/h5-24,26,28-29,37,41H,3-4,25,27H2,1-2H3,(H2,46,48)(H,49,52)/b23-22-,50-36+/t29?,37-,41-/m1/s1. The minimum Gasteiger partial charge on any atom is -0.434 e. The van der Waals surface area contributed by atoms with Gasteiger partial charge in [-0.1, -0.05) is 128 Å². The van der Waals surface area contributed by atoms with Gasteiger partial charge in [-0.25, -0.2) is 14.6 Å². The summed E-state index contributed by atoms with van der Waals surface area (Å²) in [5, 5.41) is 8.43. The average Bonchev–Trinajstić information content (AvgIpc) is 3.72.